The van der Waals surface area contributed by atoms with Gasteiger partial charge in [0.05, 0.1) is 11.6 Å². The Morgan fingerprint density at radius 3 is 2.58 bits per heavy atom. The molecule has 0 aliphatic rings. The van der Waals surface area contributed by atoms with E-state index in [4.69, 9.17) is 4.42 Å². The van der Waals surface area contributed by atoms with Gasteiger partial charge < -0.3 is 9.52 Å². The molecule has 19 heavy (non-hydrogen) atoms. The second-order valence-corrected chi connectivity index (χ2v) is 4.02. The summed E-state index contributed by atoms with van der Waals surface area (Å²) in [6.07, 6.45) is 2.60. The molecular weight excluding hydrogens is 246 g/mol. The summed E-state index contributed by atoms with van der Waals surface area (Å²) >= 11 is 0. The SMILES string of the molecule is O=C(O)c1cn(-c2ccccc2)c(=O)c2ccoc12. The molecular formula is C14H9NO4. The number of aromatic carboxylic acids is 1. The number of carbonyl (C=O) groups is 1. The normalized spacial score (nSPS) is 10.7. The molecule has 0 unspecified atom stereocenters. The fourth-order valence-electron chi connectivity index (χ4n) is 2.00. The van der Waals surface area contributed by atoms with Gasteiger partial charge in [-0.15, -0.1) is 0 Å². The van der Waals surface area contributed by atoms with Crippen LogP contribution < -0.4 is 5.56 Å². The first-order valence-electron chi connectivity index (χ1n) is 5.60. The zero-order chi connectivity index (χ0) is 13.4. The first kappa shape index (κ1) is 11.3. The highest BCUT2D eigenvalue weighted by Gasteiger charge is 2.17. The number of hydrogen-bond acceptors (Lipinski definition) is 3. The summed E-state index contributed by atoms with van der Waals surface area (Å²) in [5.74, 6) is -1.13. The van der Waals surface area contributed by atoms with Crippen LogP contribution in [0.15, 0.2) is 58.1 Å². The summed E-state index contributed by atoms with van der Waals surface area (Å²) < 4.78 is 6.39. The number of fused-ring (bicyclic) bond motifs is 1. The van der Waals surface area contributed by atoms with Gasteiger partial charge in [0.1, 0.15) is 5.56 Å². The van der Waals surface area contributed by atoms with E-state index in [1.807, 2.05) is 6.07 Å². The van der Waals surface area contributed by atoms with Crippen LogP contribution >= 0.6 is 0 Å². The topological polar surface area (TPSA) is 72.4 Å². The lowest BCUT2D eigenvalue weighted by Gasteiger charge is -2.07. The molecule has 1 aromatic carbocycles. The van der Waals surface area contributed by atoms with Crippen molar-refractivity contribution in [2.24, 2.45) is 0 Å². The molecule has 0 amide bonds. The number of carboxylic acid groups (broad SMARTS) is 1. The van der Waals surface area contributed by atoms with Gasteiger partial charge in [-0.05, 0) is 18.2 Å². The predicted molar refractivity (Wildman–Crippen MR) is 68.8 cm³/mol. The molecule has 0 spiro atoms. The van der Waals surface area contributed by atoms with Gasteiger partial charge >= 0.3 is 5.97 Å². The Bertz CT molecular complexity index is 814. The quantitative estimate of drug-likeness (QED) is 0.762. The van der Waals surface area contributed by atoms with Crippen LogP contribution in [0.1, 0.15) is 10.4 Å². The number of para-hydroxylation sites is 1. The summed E-state index contributed by atoms with van der Waals surface area (Å²) in [6.45, 7) is 0. The van der Waals surface area contributed by atoms with Crippen molar-refractivity contribution in [2.45, 2.75) is 0 Å². The van der Waals surface area contributed by atoms with Crippen LogP contribution in [0.2, 0.25) is 0 Å². The van der Waals surface area contributed by atoms with Gasteiger partial charge in [-0.1, -0.05) is 18.2 Å². The third-order valence-corrected chi connectivity index (χ3v) is 2.88. The molecule has 0 radical (unpaired) electrons. The van der Waals surface area contributed by atoms with E-state index in [1.165, 1.54) is 23.1 Å². The van der Waals surface area contributed by atoms with E-state index in [1.54, 1.807) is 24.3 Å². The van der Waals surface area contributed by atoms with E-state index in [2.05, 4.69) is 0 Å². The van der Waals surface area contributed by atoms with E-state index in [0.29, 0.717) is 5.69 Å². The minimum Gasteiger partial charge on any atom is -0.477 e. The molecule has 0 saturated heterocycles. The van der Waals surface area contributed by atoms with E-state index in [-0.39, 0.29) is 22.1 Å². The number of rotatable bonds is 2. The average Bonchev–Trinajstić information content (AvgIpc) is 2.89. The largest absolute Gasteiger partial charge is 0.477 e. The molecule has 1 N–H and O–H groups in total. The highest BCUT2D eigenvalue weighted by Crippen LogP contribution is 2.18. The Kier molecular flexibility index (Phi) is 2.45. The molecule has 2 heterocycles. The Labute approximate surface area is 107 Å². The van der Waals surface area contributed by atoms with Crippen molar-refractivity contribution < 1.29 is 14.3 Å². The number of nitrogens with zero attached hydrogens (tertiary/aromatic N) is 1. The third-order valence-electron chi connectivity index (χ3n) is 2.88. The van der Waals surface area contributed by atoms with Crippen molar-refractivity contribution in [3.05, 3.63) is 64.8 Å². The van der Waals surface area contributed by atoms with Crippen LogP contribution in [-0.2, 0) is 0 Å². The van der Waals surface area contributed by atoms with Crippen LogP contribution in [0.4, 0.5) is 0 Å². The summed E-state index contributed by atoms with van der Waals surface area (Å²) in [5, 5.41) is 9.44. The standard InChI is InChI=1S/C14H9NO4/c16-13-10-6-7-19-12(10)11(14(17)18)8-15(13)9-4-2-1-3-5-9/h1-8H,(H,17,18). The molecule has 5 nitrogen and oxygen atoms in total. The van der Waals surface area contributed by atoms with Crippen molar-refractivity contribution in [3.8, 4) is 5.69 Å². The lowest BCUT2D eigenvalue weighted by molar-refractivity contribution is 0.0697. The molecule has 0 atom stereocenters. The number of hydrogen-bond donors (Lipinski definition) is 1. The molecule has 0 saturated carbocycles. The Morgan fingerprint density at radius 1 is 1.16 bits per heavy atom. The highest BCUT2D eigenvalue weighted by atomic mass is 16.4. The van der Waals surface area contributed by atoms with Crippen LogP contribution in [0.3, 0.4) is 0 Å². The van der Waals surface area contributed by atoms with Gasteiger partial charge in [-0.25, -0.2) is 4.79 Å². The maximum absolute atomic E-state index is 12.3. The van der Waals surface area contributed by atoms with Gasteiger partial charge in [0.15, 0.2) is 5.58 Å². The number of benzene rings is 1. The minimum atomic E-state index is -1.13. The first-order chi connectivity index (χ1) is 9.18. The number of aromatic nitrogens is 1. The fraction of sp³-hybridized carbons (Fsp3) is 0. The molecule has 0 aliphatic heterocycles. The summed E-state index contributed by atoms with van der Waals surface area (Å²) in [5.41, 5.74) is 0.367. The van der Waals surface area contributed by atoms with Gasteiger partial charge in [-0.2, -0.15) is 0 Å². The number of furan rings is 1. The van der Waals surface area contributed by atoms with Gasteiger partial charge in [0.25, 0.3) is 5.56 Å². The number of carboxylic acids is 1. The van der Waals surface area contributed by atoms with E-state index in [9.17, 15) is 14.7 Å². The maximum Gasteiger partial charge on any atom is 0.341 e. The van der Waals surface area contributed by atoms with Crippen LogP contribution in [-0.4, -0.2) is 15.6 Å². The zero-order valence-electron chi connectivity index (χ0n) is 9.74. The molecule has 0 fully saturated rings. The molecule has 0 aliphatic carbocycles. The monoisotopic (exact) mass is 255 g/mol. The van der Waals surface area contributed by atoms with Crippen LogP contribution in [0.5, 0.6) is 0 Å². The van der Waals surface area contributed by atoms with Crippen molar-refractivity contribution in [2.75, 3.05) is 0 Å². The summed E-state index contributed by atoms with van der Waals surface area (Å²) in [7, 11) is 0. The highest BCUT2D eigenvalue weighted by molar-refractivity contribution is 6.00. The maximum atomic E-state index is 12.3. The fourth-order valence-corrected chi connectivity index (χ4v) is 2.00. The Morgan fingerprint density at radius 2 is 1.89 bits per heavy atom. The molecule has 3 aromatic rings. The lowest BCUT2D eigenvalue weighted by Crippen LogP contribution is -2.19. The van der Waals surface area contributed by atoms with Crippen molar-refractivity contribution >= 4 is 16.9 Å². The Balaban J connectivity index is 2.41. The van der Waals surface area contributed by atoms with E-state index in [0.717, 1.165) is 0 Å². The minimum absolute atomic E-state index is 0.0385. The van der Waals surface area contributed by atoms with Crippen molar-refractivity contribution in [1.82, 2.24) is 4.57 Å². The molecule has 0 bridgehead atoms. The van der Waals surface area contributed by atoms with Gasteiger partial charge in [0.2, 0.25) is 0 Å². The average molecular weight is 255 g/mol. The van der Waals surface area contributed by atoms with Crippen LogP contribution in [0, 0.1) is 0 Å². The number of pyridine rings is 1. The van der Waals surface area contributed by atoms with E-state index >= 15 is 0 Å². The van der Waals surface area contributed by atoms with E-state index < -0.39 is 5.97 Å². The van der Waals surface area contributed by atoms with Crippen molar-refractivity contribution in [1.29, 1.82) is 0 Å². The zero-order valence-corrected chi connectivity index (χ0v) is 9.74. The second kappa shape index (κ2) is 4.13. The van der Waals surface area contributed by atoms with Gasteiger partial charge in [0, 0.05) is 11.9 Å². The lowest BCUT2D eigenvalue weighted by atomic mass is 10.2. The molecule has 2 aromatic heterocycles. The smallest absolute Gasteiger partial charge is 0.341 e. The van der Waals surface area contributed by atoms with Gasteiger partial charge in [-0.3, -0.25) is 9.36 Å². The summed E-state index contributed by atoms with van der Waals surface area (Å²) in [6, 6.07) is 10.3. The molecule has 5 heteroatoms. The van der Waals surface area contributed by atoms with Crippen LogP contribution in [0.25, 0.3) is 16.7 Å². The first-order valence-corrected chi connectivity index (χ1v) is 5.60. The third kappa shape index (κ3) is 1.72. The second-order valence-electron chi connectivity index (χ2n) is 4.02. The summed E-state index contributed by atoms with van der Waals surface area (Å²) in [4.78, 5) is 23.5. The van der Waals surface area contributed by atoms with Crippen molar-refractivity contribution in [3.63, 3.8) is 0 Å². The molecule has 94 valence electrons. The molecule has 3 rings (SSSR count). The Hall–Kier alpha value is -2.82. The predicted octanol–water partition coefficient (Wildman–Crippen LogP) is 2.28.